The van der Waals surface area contributed by atoms with Crippen LogP contribution < -0.4 is 10.1 Å². The third-order valence-electron chi connectivity index (χ3n) is 4.65. The van der Waals surface area contributed by atoms with E-state index in [1.807, 2.05) is 55.5 Å². The number of amidine groups is 1. The minimum Gasteiger partial charge on any atom is -0.497 e. The molecule has 1 unspecified atom stereocenters. The first kappa shape index (κ1) is 20.9. The summed E-state index contributed by atoms with van der Waals surface area (Å²) in [4.78, 5) is 31.4. The van der Waals surface area contributed by atoms with Crippen LogP contribution in [0.1, 0.15) is 25.8 Å². The molecule has 2 amide bonds. The van der Waals surface area contributed by atoms with E-state index in [2.05, 4.69) is 17.2 Å². The van der Waals surface area contributed by atoms with E-state index in [1.54, 1.807) is 12.0 Å². The van der Waals surface area contributed by atoms with Gasteiger partial charge in [-0.2, -0.15) is 0 Å². The fourth-order valence-corrected chi connectivity index (χ4v) is 4.21. The standard InChI is InChI=1S/C22H25N3O3S/c1-4-15-6-8-16(9-7-15)23-20(26)14-19-21(27)25(5-2)22(29-19)24-17-10-12-18(28-3)13-11-17/h6-13,19H,4-5,14H2,1-3H3,(H,23,26). The summed E-state index contributed by atoms with van der Waals surface area (Å²) in [5.41, 5.74) is 2.69. The highest BCUT2D eigenvalue weighted by Crippen LogP contribution is 2.32. The molecule has 2 aromatic rings. The van der Waals surface area contributed by atoms with Gasteiger partial charge in [-0.1, -0.05) is 30.8 Å². The third kappa shape index (κ3) is 5.17. The molecule has 0 saturated carbocycles. The Kier molecular flexibility index (Phi) is 6.93. The van der Waals surface area contributed by atoms with Gasteiger partial charge in [0.2, 0.25) is 11.8 Å². The maximum atomic E-state index is 12.7. The molecule has 1 saturated heterocycles. The van der Waals surface area contributed by atoms with Crippen LogP contribution in [0, 0.1) is 0 Å². The number of anilines is 1. The zero-order valence-corrected chi connectivity index (χ0v) is 17.7. The van der Waals surface area contributed by atoms with Gasteiger partial charge in [-0.15, -0.1) is 0 Å². The van der Waals surface area contributed by atoms with Gasteiger partial charge in [0.25, 0.3) is 0 Å². The van der Waals surface area contributed by atoms with Crippen molar-refractivity contribution in [2.45, 2.75) is 31.9 Å². The summed E-state index contributed by atoms with van der Waals surface area (Å²) >= 11 is 1.34. The Morgan fingerprint density at radius 2 is 1.83 bits per heavy atom. The van der Waals surface area contributed by atoms with Crippen LogP contribution in [-0.4, -0.2) is 40.8 Å². The fourth-order valence-electron chi connectivity index (χ4n) is 2.99. The van der Waals surface area contributed by atoms with E-state index in [1.165, 1.54) is 17.3 Å². The average Bonchev–Trinajstić information content (AvgIpc) is 3.03. The zero-order valence-electron chi connectivity index (χ0n) is 16.8. The number of hydrogen-bond donors (Lipinski definition) is 1. The summed E-state index contributed by atoms with van der Waals surface area (Å²) in [6.07, 6.45) is 1.06. The normalized spacial score (nSPS) is 17.6. The number of carbonyl (C=O) groups is 2. The smallest absolute Gasteiger partial charge is 0.242 e. The number of aliphatic imine (C=N–C) groups is 1. The summed E-state index contributed by atoms with van der Waals surface area (Å²) in [7, 11) is 1.61. The second kappa shape index (κ2) is 9.60. The monoisotopic (exact) mass is 411 g/mol. The van der Waals surface area contributed by atoms with Crippen molar-refractivity contribution in [1.29, 1.82) is 0 Å². The minimum atomic E-state index is -0.470. The Hall–Kier alpha value is -2.80. The van der Waals surface area contributed by atoms with Crippen LogP contribution in [0.4, 0.5) is 11.4 Å². The Morgan fingerprint density at radius 3 is 2.41 bits per heavy atom. The van der Waals surface area contributed by atoms with Gasteiger partial charge in [-0.3, -0.25) is 14.5 Å². The number of methoxy groups -OCH3 is 1. The number of nitrogens with zero attached hydrogens (tertiary/aromatic N) is 2. The van der Waals surface area contributed by atoms with Crippen LogP contribution >= 0.6 is 11.8 Å². The third-order valence-corrected chi connectivity index (χ3v) is 5.83. The Bertz CT molecular complexity index is 895. The molecule has 1 aliphatic rings. The molecular weight excluding hydrogens is 386 g/mol. The quantitative estimate of drug-likeness (QED) is 0.740. The van der Waals surface area contributed by atoms with E-state index in [0.29, 0.717) is 11.7 Å². The summed E-state index contributed by atoms with van der Waals surface area (Å²) in [5.74, 6) is 0.487. The lowest BCUT2D eigenvalue weighted by Gasteiger charge is -2.13. The van der Waals surface area contributed by atoms with Crippen molar-refractivity contribution in [2.24, 2.45) is 4.99 Å². The number of carbonyl (C=O) groups excluding carboxylic acids is 2. The van der Waals surface area contributed by atoms with Crippen molar-refractivity contribution in [2.75, 3.05) is 19.0 Å². The molecule has 1 N–H and O–H groups in total. The lowest BCUT2D eigenvalue weighted by Crippen LogP contribution is -2.33. The first-order valence-corrected chi connectivity index (χ1v) is 10.5. The first-order valence-electron chi connectivity index (χ1n) is 9.63. The molecule has 152 valence electrons. The Morgan fingerprint density at radius 1 is 1.14 bits per heavy atom. The summed E-state index contributed by atoms with van der Waals surface area (Å²) in [6, 6.07) is 15.1. The second-order valence-corrected chi connectivity index (χ2v) is 7.75. The largest absolute Gasteiger partial charge is 0.497 e. The molecule has 0 radical (unpaired) electrons. The van der Waals surface area contributed by atoms with Crippen LogP contribution in [0.25, 0.3) is 0 Å². The number of hydrogen-bond acceptors (Lipinski definition) is 5. The average molecular weight is 412 g/mol. The minimum absolute atomic E-state index is 0.0822. The lowest BCUT2D eigenvalue weighted by atomic mass is 10.1. The van der Waals surface area contributed by atoms with Gasteiger partial charge >= 0.3 is 0 Å². The maximum absolute atomic E-state index is 12.7. The molecule has 0 aromatic heterocycles. The molecule has 6 nitrogen and oxygen atoms in total. The first-order chi connectivity index (χ1) is 14.0. The van der Waals surface area contributed by atoms with Crippen molar-refractivity contribution in [1.82, 2.24) is 4.90 Å². The molecule has 0 aliphatic carbocycles. The highest BCUT2D eigenvalue weighted by molar-refractivity contribution is 8.15. The SMILES string of the molecule is CCc1ccc(NC(=O)CC2SC(=Nc3ccc(OC)cc3)N(CC)C2=O)cc1. The maximum Gasteiger partial charge on any atom is 0.242 e. The lowest BCUT2D eigenvalue weighted by molar-refractivity contribution is -0.128. The van der Waals surface area contributed by atoms with E-state index in [0.717, 1.165) is 23.5 Å². The van der Waals surface area contributed by atoms with Gasteiger partial charge in [-0.25, -0.2) is 4.99 Å². The molecular formula is C22H25N3O3S. The van der Waals surface area contributed by atoms with E-state index >= 15 is 0 Å². The van der Waals surface area contributed by atoms with Gasteiger partial charge < -0.3 is 10.1 Å². The molecule has 29 heavy (non-hydrogen) atoms. The van der Waals surface area contributed by atoms with Gasteiger partial charge in [0.1, 0.15) is 11.0 Å². The van der Waals surface area contributed by atoms with E-state index < -0.39 is 5.25 Å². The van der Waals surface area contributed by atoms with Crippen molar-refractivity contribution >= 4 is 40.1 Å². The van der Waals surface area contributed by atoms with Crippen LogP contribution in [0.15, 0.2) is 53.5 Å². The number of benzene rings is 2. The molecule has 1 heterocycles. The van der Waals surface area contributed by atoms with Crippen LogP contribution in [-0.2, 0) is 16.0 Å². The number of ether oxygens (including phenoxy) is 1. The number of nitrogens with one attached hydrogen (secondary N) is 1. The van der Waals surface area contributed by atoms with Crippen LogP contribution in [0.2, 0.25) is 0 Å². The van der Waals surface area contributed by atoms with Crippen LogP contribution in [0.5, 0.6) is 5.75 Å². The zero-order chi connectivity index (χ0) is 20.8. The molecule has 0 bridgehead atoms. The molecule has 2 aromatic carbocycles. The number of rotatable bonds is 7. The van der Waals surface area contributed by atoms with E-state index in [4.69, 9.17) is 4.74 Å². The van der Waals surface area contributed by atoms with Gasteiger partial charge in [-0.05, 0) is 55.3 Å². The molecule has 1 aliphatic heterocycles. The van der Waals surface area contributed by atoms with Crippen molar-refractivity contribution in [3.8, 4) is 5.75 Å². The molecule has 0 spiro atoms. The van der Waals surface area contributed by atoms with Crippen LogP contribution in [0.3, 0.4) is 0 Å². The predicted molar refractivity (Wildman–Crippen MR) is 118 cm³/mol. The van der Waals surface area contributed by atoms with E-state index in [-0.39, 0.29) is 18.2 Å². The highest BCUT2D eigenvalue weighted by Gasteiger charge is 2.38. The van der Waals surface area contributed by atoms with Gasteiger partial charge in [0, 0.05) is 18.7 Å². The fraction of sp³-hybridized carbons (Fsp3) is 0.318. The number of thioether (sulfide) groups is 1. The Labute approximate surface area is 175 Å². The van der Waals surface area contributed by atoms with Gasteiger partial charge in [0.15, 0.2) is 5.17 Å². The number of amides is 2. The summed E-state index contributed by atoms with van der Waals surface area (Å²) in [5, 5.41) is 3.02. The Balaban J connectivity index is 1.67. The second-order valence-electron chi connectivity index (χ2n) is 6.58. The predicted octanol–water partition coefficient (Wildman–Crippen LogP) is 4.24. The summed E-state index contributed by atoms with van der Waals surface area (Å²) in [6.45, 7) is 4.50. The molecule has 7 heteroatoms. The van der Waals surface area contributed by atoms with E-state index in [9.17, 15) is 9.59 Å². The highest BCUT2D eigenvalue weighted by atomic mass is 32.2. The molecule has 1 atom stereocenters. The van der Waals surface area contributed by atoms with Crippen molar-refractivity contribution in [3.05, 3.63) is 54.1 Å². The summed E-state index contributed by atoms with van der Waals surface area (Å²) < 4.78 is 5.16. The van der Waals surface area contributed by atoms with Crippen molar-refractivity contribution < 1.29 is 14.3 Å². The van der Waals surface area contributed by atoms with Crippen molar-refractivity contribution in [3.63, 3.8) is 0 Å². The molecule has 1 fully saturated rings. The number of aryl methyl sites for hydroxylation is 1. The molecule has 3 rings (SSSR count). The van der Waals surface area contributed by atoms with Gasteiger partial charge in [0.05, 0.1) is 12.8 Å². The topological polar surface area (TPSA) is 71.0 Å².